The van der Waals surface area contributed by atoms with E-state index in [0.29, 0.717) is 6.42 Å². The fourth-order valence-electron chi connectivity index (χ4n) is 2.25. The number of carboxylic acids is 1. The molecule has 3 heteroatoms. The molecule has 0 bridgehead atoms. The molecule has 1 fully saturated rings. The fraction of sp³-hybridized carbons (Fsp3) is 0.917. The third-order valence-electron chi connectivity index (χ3n) is 3.09. The van der Waals surface area contributed by atoms with Crippen molar-refractivity contribution in [2.75, 3.05) is 0 Å². The van der Waals surface area contributed by atoms with Crippen LogP contribution in [0.2, 0.25) is 0 Å². The third-order valence-corrected chi connectivity index (χ3v) is 3.09. The van der Waals surface area contributed by atoms with Crippen molar-refractivity contribution in [1.82, 2.24) is 0 Å². The molecular formula is C12H22O3. The predicted octanol–water partition coefficient (Wildman–Crippen LogP) is 2.84. The molecule has 88 valence electrons. The van der Waals surface area contributed by atoms with Gasteiger partial charge in [-0.15, -0.1) is 0 Å². The summed E-state index contributed by atoms with van der Waals surface area (Å²) in [5.74, 6) is -0.904. The van der Waals surface area contributed by atoms with Crippen LogP contribution in [-0.4, -0.2) is 22.8 Å². The lowest BCUT2D eigenvalue weighted by atomic mass is 9.95. The van der Waals surface area contributed by atoms with Crippen molar-refractivity contribution in [3.8, 4) is 0 Å². The first kappa shape index (κ1) is 12.5. The Kier molecular flexibility index (Phi) is 4.14. The van der Waals surface area contributed by atoms with Crippen LogP contribution in [0.15, 0.2) is 0 Å². The Morgan fingerprint density at radius 2 is 2.27 bits per heavy atom. The number of carboxylic acid groups (broad SMARTS) is 1. The van der Waals surface area contributed by atoms with Gasteiger partial charge in [0, 0.05) is 0 Å². The van der Waals surface area contributed by atoms with E-state index >= 15 is 0 Å². The van der Waals surface area contributed by atoms with Crippen LogP contribution in [0.25, 0.3) is 0 Å². The Labute approximate surface area is 91.8 Å². The molecule has 0 aromatic rings. The van der Waals surface area contributed by atoms with Crippen molar-refractivity contribution in [2.45, 2.75) is 64.6 Å². The highest BCUT2D eigenvalue weighted by Crippen LogP contribution is 2.33. The molecule has 1 N–H and O–H groups in total. The maximum atomic E-state index is 11.0. The molecule has 0 aromatic heterocycles. The predicted molar refractivity (Wildman–Crippen MR) is 58.8 cm³/mol. The van der Waals surface area contributed by atoms with Gasteiger partial charge in [0.15, 0.2) is 0 Å². The second-order valence-electron chi connectivity index (χ2n) is 5.10. The van der Waals surface area contributed by atoms with E-state index in [1.54, 1.807) is 0 Å². The highest BCUT2D eigenvalue weighted by atomic mass is 16.5. The quantitative estimate of drug-likeness (QED) is 0.765. The molecule has 1 aliphatic heterocycles. The summed E-state index contributed by atoms with van der Waals surface area (Å²) in [5, 5.41) is 9.04. The zero-order valence-corrected chi connectivity index (χ0v) is 9.95. The van der Waals surface area contributed by atoms with Crippen molar-refractivity contribution in [2.24, 2.45) is 5.92 Å². The number of ether oxygens (including phenoxy) is 1. The molecule has 0 saturated carbocycles. The minimum absolute atomic E-state index is 0.0556. The van der Waals surface area contributed by atoms with Gasteiger partial charge in [-0.05, 0) is 39.5 Å². The molecule has 0 spiro atoms. The van der Waals surface area contributed by atoms with E-state index in [1.165, 1.54) is 0 Å². The maximum absolute atomic E-state index is 11.0. The number of hydrogen-bond acceptors (Lipinski definition) is 2. The van der Waals surface area contributed by atoms with Crippen LogP contribution < -0.4 is 0 Å². The molecule has 0 amide bonds. The molecule has 2 atom stereocenters. The number of carbonyl (C=O) groups is 1. The lowest BCUT2D eigenvalue weighted by molar-refractivity contribution is -0.143. The van der Waals surface area contributed by atoms with Gasteiger partial charge in [0.1, 0.15) is 0 Å². The van der Waals surface area contributed by atoms with Gasteiger partial charge in [-0.25, -0.2) is 0 Å². The molecule has 3 nitrogen and oxygen atoms in total. The summed E-state index contributed by atoms with van der Waals surface area (Å²) in [6.45, 7) is 6.17. The van der Waals surface area contributed by atoms with Crippen molar-refractivity contribution < 1.29 is 14.6 Å². The van der Waals surface area contributed by atoms with Gasteiger partial charge in [-0.2, -0.15) is 0 Å². The topological polar surface area (TPSA) is 46.5 Å². The van der Waals surface area contributed by atoms with Crippen LogP contribution in [0.5, 0.6) is 0 Å². The smallest absolute Gasteiger partial charge is 0.306 e. The SMILES string of the molecule is CCCC(CC1CCC(C)(C)O1)C(=O)O. The molecule has 15 heavy (non-hydrogen) atoms. The van der Waals surface area contributed by atoms with Gasteiger partial charge in [0.25, 0.3) is 0 Å². The van der Waals surface area contributed by atoms with E-state index < -0.39 is 5.97 Å². The van der Waals surface area contributed by atoms with Gasteiger partial charge in [-0.3, -0.25) is 4.79 Å². The van der Waals surface area contributed by atoms with Crippen molar-refractivity contribution >= 4 is 5.97 Å². The molecule has 1 saturated heterocycles. The van der Waals surface area contributed by atoms with Crippen LogP contribution in [0.3, 0.4) is 0 Å². The number of rotatable bonds is 5. The Balaban J connectivity index is 2.42. The number of aliphatic carboxylic acids is 1. The standard InChI is InChI=1S/C12H22O3/c1-4-5-9(11(13)14)8-10-6-7-12(2,3)15-10/h9-10H,4-8H2,1-3H3,(H,13,14). The lowest BCUT2D eigenvalue weighted by Crippen LogP contribution is -2.24. The minimum atomic E-state index is -0.676. The second-order valence-corrected chi connectivity index (χ2v) is 5.10. The van der Waals surface area contributed by atoms with Crippen molar-refractivity contribution in [1.29, 1.82) is 0 Å². The van der Waals surface area contributed by atoms with E-state index in [4.69, 9.17) is 9.84 Å². The zero-order chi connectivity index (χ0) is 11.5. The summed E-state index contributed by atoms with van der Waals surface area (Å²) < 4.78 is 5.81. The van der Waals surface area contributed by atoms with E-state index in [1.807, 2.05) is 6.92 Å². The molecule has 0 radical (unpaired) electrons. The van der Waals surface area contributed by atoms with Gasteiger partial charge >= 0.3 is 5.97 Å². The highest BCUT2D eigenvalue weighted by molar-refractivity contribution is 5.69. The van der Waals surface area contributed by atoms with Gasteiger partial charge in [-0.1, -0.05) is 13.3 Å². The highest BCUT2D eigenvalue weighted by Gasteiger charge is 2.34. The lowest BCUT2D eigenvalue weighted by Gasteiger charge is -2.21. The summed E-state index contributed by atoms with van der Waals surface area (Å²) in [6.07, 6.45) is 4.54. The summed E-state index contributed by atoms with van der Waals surface area (Å²) in [4.78, 5) is 11.0. The van der Waals surface area contributed by atoms with Gasteiger partial charge in [0.05, 0.1) is 17.6 Å². The van der Waals surface area contributed by atoms with Crippen LogP contribution in [0, 0.1) is 5.92 Å². The largest absolute Gasteiger partial charge is 0.481 e. The van der Waals surface area contributed by atoms with Gasteiger partial charge < -0.3 is 9.84 Å². The summed E-state index contributed by atoms with van der Waals surface area (Å²) in [5.41, 5.74) is -0.0556. The number of hydrogen-bond donors (Lipinski definition) is 1. The van der Waals surface area contributed by atoms with E-state index in [9.17, 15) is 4.79 Å². The second kappa shape index (κ2) is 4.97. The van der Waals surface area contributed by atoms with E-state index in [-0.39, 0.29) is 17.6 Å². The van der Waals surface area contributed by atoms with Crippen LogP contribution in [0.1, 0.15) is 52.9 Å². The third kappa shape index (κ3) is 3.82. The molecule has 0 aromatic carbocycles. The van der Waals surface area contributed by atoms with Gasteiger partial charge in [0.2, 0.25) is 0 Å². The molecule has 0 aliphatic carbocycles. The van der Waals surface area contributed by atoms with Crippen LogP contribution in [-0.2, 0) is 9.53 Å². The fourth-order valence-corrected chi connectivity index (χ4v) is 2.25. The van der Waals surface area contributed by atoms with Crippen molar-refractivity contribution in [3.63, 3.8) is 0 Å². The Hall–Kier alpha value is -0.570. The Bertz CT molecular complexity index is 223. The van der Waals surface area contributed by atoms with Crippen molar-refractivity contribution in [3.05, 3.63) is 0 Å². The van der Waals surface area contributed by atoms with Crippen LogP contribution in [0.4, 0.5) is 0 Å². The summed E-state index contributed by atoms with van der Waals surface area (Å²) in [7, 11) is 0. The molecule has 1 aliphatic rings. The molecule has 1 rings (SSSR count). The van der Waals surface area contributed by atoms with Crippen LogP contribution >= 0.6 is 0 Å². The van der Waals surface area contributed by atoms with E-state index in [0.717, 1.165) is 25.7 Å². The summed E-state index contributed by atoms with van der Waals surface area (Å²) >= 11 is 0. The molecule has 1 heterocycles. The normalized spacial score (nSPS) is 26.5. The average Bonchev–Trinajstić information content (AvgIpc) is 2.44. The maximum Gasteiger partial charge on any atom is 0.306 e. The monoisotopic (exact) mass is 214 g/mol. The Morgan fingerprint density at radius 1 is 1.60 bits per heavy atom. The first-order valence-corrected chi connectivity index (χ1v) is 5.85. The van der Waals surface area contributed by atoms with E-state index in [2.05, 4.69) is 13.8 Å². The first-order valence-electron chi connectivity index (χ1n) is 5.85. The summed E-state index contributed by atoms with van der Waals surface area (Å²) in [6, 6.07) is 0. The molecular weight excluding hydrogens is 192 g/mol. The Morgan fingerprint density at radius 3 is 2.67 bits per heavy atom. The zero-order valence-electron chi connectivity index (χ0n) is 9.95. The molecule has 2 unspecified atom stereocenters. The first-order chi connectivity index (χ1) is 6.94. The average molecular weight is 214 g/mol. The minimum Gasteiger partial charge on any atom is -0.481 e.